The Bertz CT molecular complexity index is 962. The average Bonchev–Trinajstić information content (AvgIpc) is 2.60. The van der Waals surface area contributed by atoms with Gasteiger partial charge in [-0.1, -0.05) is 11.6 Å². The lowest BCUT2D eigenvalue weighted by molar-refractivity contribution is 0.349. The van der Waals surface area contributed by atoms with Crippen LogP contribution in [0.15, 0.2) is 45.6 Å². The molecule has 0 amide bonds. The maximum atomic E-state index is 12.4. The molecular weight excluding hydrogens is 332 g/mol. The summed E-state index contributed by atoms with van der Waals surface area (Å²) in [5, 5.41) is 0.900. The summed E-state index contributed by atoms with van der Waals surface area (Å²) in [5.41, 5.74) is 0.841. The van der Waals surface area contributed by atoms with Crippen molar-refractivity contribution in [1.29, 1.82) is 0 Å². The van der Waals surface area contributed by atoms with Crippen LogP contribution in [0.3, 0.4) is 0 Å². The van der Waals surface area contributed by atoms with E-state index in [1.807, 2.05) is 0 Å². The fourth-order valence-electron chi connectivity index (χ4n) is 2.48. The predicted molar refractivity (Wildman–Crippen MR) is 92.6 cm³/mol. The molecule has 124 valence electrons. The SMILES string of the molecule is COc1cc(OC)c(-c2cc(=O)c3cc(Cl)ccc3o2)cc1OC. The van der Waals surface area contributed by atoms with E-state index >= 15 is 0 Å². The van der Waals surface area contributed by atoms with Gasteiger partial charge in [-0.3, -0.25) is 4.79 Å². The Labute approximate surface area is 143 Å². The highest BCUT2D eigenvalue weighted by Crippen LogP contribution is 2.40. The molecule has 0 aliphatic rings. The largest absolute Gasteiger partial charge is 0.496 e. The minimum absolute atomic E-state index is 0.189. The Kier molecular flexibility index (Phi) is 4.36. The maximum Gasteiger partial charge on any atom is 0.193 e. The zero-order valence-corrected chi connectivity index (χ0v) is 14.1. The monoisotopic (exact) mass is 346 g/mol. The zero-order valence-electron chi connectivity index (χ0n) is 13.4. The second-order valence-corrected chi connectivity index (χ2v) is 5.46. The van der Waals surface area contributed by atoms with E-state index in [0.29, 0.717) is 44.6 Å². The smallest absolute Gasteiger partial charge is 0.193 e. The fraction of sp³-hybridized carbons (Fsp3) is 0.167. The number of ether oxygens (including phenoxy) is 3. The second kappa shape index (κ2) is 6.45. The first-order valence-electron chi connectivity index (χ1n) is 7.11. The van der Waals surface area contributed by atoms with E-state index in [9.17, 15) is 4.79 Å². The average molecular weight is 347 g/mol. The van der Waals surface area contributed by atoms with Crippen LogP contribution in [0.4, 0.5) is 0 Å². The van der Waals surface area contributed by atoms with Gasteiger partial charge >= 0.3 is 0 Å². The number of benzene rings is 2. The van der Waals surface area contributed by atoms with Crippen molar-refractivity contribution in [3.05, 3.63) is 51.6 Å². The molecule has 0 N–H and O–H groups in total. The quantitative estimate of drug-likeness (QED) is 0.710. The van der Waals surface area contributed by atoms with Gasteiger partial charge in [0.1, 0.15) is 17.1 Å². The molecule has 0 aliphatic carbocycles. The van der Waals surface area contributed by atoms with Gasteiger partial charge in [-0.05, 0) is 24.3 Å². The minimum Gasteiger partial charge on any atom is -0.496 e. The molecule has 24 heavy (non-hydrogen) atoms. The third-order valence-electron chi connectivity index (χ3n) is 3.66. The first kappa shape index (κ1) is 16.2. The van der Waals surface area contributed by atoms with Crippen molar-refractivity contribution in [1.82, 2.24) is 0 Å². The molecule has 0 saturated heterocycles. The molecule has 0 aliphatic heterocycles. The third kappa shape index (κ3) is 2.78. The van der Waals surface area contributed by atoms with Gasteiger partial charge in [-0.25, -0.2) is 0 Å². The van der Waals surface area contributed by atoms with E-state index in [1.165, 1.54) is 27.4 Å². The van der Waals surface area contributed by atoms with E-state index in [-0.39, 0.29) is 5.43 Å². The van der Waals surface area contributed by atoms with Crippen molar-refractivity contribution < 1.29 is 18.6 Å². The molecule has 0 atom stereocenters. The predicted octanol–water partition coefficient (Wildman–Crippen LogP) is 4.14. The van der Waals surface area contributed by atoms with Crippen LogP contribution in [-0.2, 0) is 0 Å². The summed E-state index contributed by atoms with van der Waals surface area (Å²) >= 11 is 5.94. The lowest BCUT2D eigenvalue weighted by atomic mass is 10.1. The number of rotatable bonds is 4. The number of hydrogen-bond donors (Lipinski definition) is 0. The standard InChI is InChI=1S/C18H15ClO5/c1-21-15-9-18(23-3)17(22-2)7-12(15)16-8-13(20)11-6-10(19)4-5-14(11)24-16/h4-9H,1-3H3. The van der Waals surface area contributed by atoms with E-state index in [2.05, 4.69) is 0 Å². The summed E-state index contributed by atoms with van der Waals surface area (Å²) in [4.78, 5) is 12.4. The minimum atomic E-state index is -0.189. The lowest BCUT2D eigenvalue weighted by Crippen LogP contribution is -2.01. The number of fused-ring (bicyclic) bond motifs is 1. The van der Waals surface area contributed by atoms with Crippen LogP contribution in [0, 0.1) is 0 Å². The van der Waals surface area contributed by atoms with Crippen LogP contribution >= 0.6 is 11.6 Å². The molecule has 3 rings (SSSR count). The Morgan fingerprint density at radius 1 is 0.875 bits per heavy atom. The van der Waals surface area contributed by atoms with Crippen molar-refractivity contribution in [2.75, 3.05) is 21.3 Å². The van der Waals surface area contributed by atoms with Crippen LogP contribution < -0.4 is 19.6 Å². The Morgan fingerprint density at radius 2 is 1.54 bits per heavy atom. The summed E-state index contributed by atoms with van der Waals surface area (Å²) in [6.45, 7) is 0. The van der Waals surface area contributed by atoms with Gasteiger partial charge in [-0.2, -0.15) is 0 Å². The lowest BCUT2D eigenvalue weighted by Gasteiger charge is -2.13. The van der Waals surface area contributed by atoms with Gasteiger partial charge in [-0.15, -0.1) is 0 Å². The Balaban J connectivity index is 2.27. The molecular formula is C18H15ClO5. The Hall–Kier alpha value is -2.66. The van der Waals surface area contributed by atoms with Gasteiger partial charge in [0.25, 0.3) is 0 Å². The molecule has 0 saturated carbocycles. The van der Waals surface area contributed by atoms with Crippen LogP contribution in [0.25, 0.3) is 22.3 Å². The van der Waals surface area contributed by atoms with Crippen LogP contribution in [0.2, 0.25) is 5.02 Å². The molecule has 1 heterocycles. The second-order valence-electron chi connectivity index (χ2n) is 5.02. The molecule has 0 bridgehead atoms. The highest BCUT2D eigenvalue weighted by atomic mass is 35.5. The van der Waals surface area contributed by atoms with E-state index in [0.717, 1.165) is 0 Å². The van der Waals surface area contributed by atoms with E-state index in [4.69, 9.17) is 30.2 Å². The van der Waals surface area contributed by atoms with Crippen LogP contribution in [0.1, 0.15) is 0 Å². The highest BCUT2D eigenvalue weighted by molar-refractivity contribution is 6.31. The number of hydrogen-bond acceptors (Lipinski definition) is 5. The normalized spacial score (nSPS) is 10.7. The van der Waals surface area contributed by atoms with Crippen molar-refractivity contribution >= 4 is 22.6 Å². The fourth-order valence-corrected chi connectivity index (χ4v) is 2.66. The first-order valence-corrected chi connectivity index (χ1v) is 7.49. The van der Waals surface area contributed by atoms with Gasteiger partial charge in [0.15, 0.2) is 16.9 Å². The van der Waals surface area contributed by atoms with E-state index < -0.39 is 0 Å². The van der Waals surface area contributed by atoms with Gasteiger partial charge in [0.2, 0.25) is 0 Å². The third-order valence-corrected chi connectivity index (χ3v) is 3.90. The molecule has 1 aromatic heterocycles. The number of halogens is 1. The molecule has 3 aromatic rings. The molecule has 0 unspecified atom stereocenters. The summed E-state index contributed by atoms with van der Waals surface area (Å²) in [7, 11) is 4.60. The summed E-state index contributed by atoms with van der Waals surface area (Å²) in [6.07, 6.45) is 0. The number of methoxy groups -OCH3 is 3. The molecule has 0 spiro atoms. The Morgan fingerprint density at radius 3 is 2.21 bits per heavy atom. The topological polar surface area (TPSA) is 57.9 Å². The molecule has 6 heteroatoms. The summed E-state index contributed by atoms with van der Waals surface area (Å²) in [6, 6.07) is 9.71. The maximum absolute atomic E-state index is 12.4. The molecule has 0 fully saturated rings. The van der Waals surface area contributed by atoms with Crippen molar-refractivity contribution in [2.45, 2.75) is 0 Å². The summed E-state index contributed by atoms with van der Waals surface area (Å²) in [5.74, 6) is 1.90. The van der Waals surface area contributed by atoms with Gasteiger partial charge < -0.3 is 18.6 Å². The van der Waals surface area contributed by atoms with Crippen LogP contribution in [0.5, 0.6) is 17.2 Å². The van der Waals surface area contributed by atoms with Crippen molar-refractivity contribution in [2.24, 2.45) is 0 Å². The van der Waals surface area contributed by atoms with Gasteiger partial charge in [0, 0.05) is 17.2 Å². The summed E-state index contributed by atoms with van der Waals surface area (Å²) < 4.78 is 21.8. The van der Waals surface area contributed by atoms with Gasteiger partial charge in [0.05, 0.1) is 32.3 Å². The molecule has 5 nitrogen and oxygen atoms in total. The first-order chi connectivity index (χ1) is 11.6. The van der Waals surface area contributed by atoms with Crippen molar-refractivity contribution in [3.63, 3.8) is 0 Å². The van der Waals surface area contributed by atoms with Crippen LogP contribution in [-0.4, -0.2) is 21.3 Å². The zero-order chi connectivity index (χ0) is 17.3. The molecule has 2 aromatic carbocycles. The van der Waals surface area contributed by atoms with E-state index in [1.54, 1.807) is 30.3 Å². The highest BCUT2D eigenvalue weighted by Gasteiger charge is 2.16. The van der Waals surface area contributed by atoms with Crippen molar-refractivity contribution in [3.8, 4) is 28.6 Å². The molecule has 0 radical (unpaired) electrons.